The summed E-state index contributed by atoms with van der Waals surface area (Å²) in [6, 6.07) is 5.83. The topological polar surface area (TPSA) is 64.8 Å². The number of ether oxygens (including phenoxy) is 2. The Kier molecular flexibility index (Phi) is 5.24. The Balaban J connectivity index is 2.03. The number of benzene rings is 1. The monoisotopic (exact) mass is 278 g/mol. The highest BCUT2D eigenvalue weighted by molar-refractivity contribution is 5.75. The third kappa shape index (κ3) is 3.87. The molecule has 110 valence electrons. The molecule has 0 unspecified atom stereocenters. The van der Waals surface area contributed by atoms with Crippen LogP contribution in [-0.4, -0.2) is 30.7 Å². The first-order chi connectivity index (χ1) is 9.70. The lowest BCUT2D eigenvalue weighted by atomic mass is 10.1. The summed E-state index contributed by atoms with van der Waals surface area (Å²) < 4.78 is 10.9. The molecule has 0 spiro atoms. The number of nitrogens with zero attached hydrogens (tertiary/aromatic N) is 1. The van der Waals surface area contributed by atoms with Gasteiger partial charge in [-0.3, -0.25) is 9.69 Å². The molecule has 0 saturated carbocycles. The van der Waals surface area contributed by atoms with Crippen molar-refractivity contribution in [2.75, 3.05) is 19.9 Å². The van der Waals surface area contributed by atoms with Crippen molar-refractivity contribution in [3.63, 3.8) is 0 Å². The van der Waals surface area contributed by atoms with Gasteiger partial charge < -0.3 is 15.2 Å². The van der Waals surface area contributed by atoms with Gasteiger partial charge in [-0.1, -0.05) is 31.9 Å². The van der Waals surface area contributed by atoms with E-state index in [-0.39, 0.29) is 19.2 Å². The minimum atomic E-state index is -0.300. The predicted molar refractivity (Wildman–Crippen MR) is 76.6 cm³/mol. The second-order valence-electron chi connectivity index (χ2n) is 5.03. The number of primary amides is 1. The summed E-state index contributed by atoms with van der Waals surface area (Å²) in [5.41, 5.74) is 6.37. The average Bonchev–Trinajstić information content (AvgIpc) is 2.87. The standard InChI is InChI=1S/C15H22N2O3/c1-2-3-4-8-17(10-14(16)18)9-12-6-5-7-13-15(12)20-11-19-13/h5-7H,2-4,8-11H2,1H3,(H2,16,18). The van der Waals surface area contributed by atoms with Crippen molar-refractivity contribution in [2.45, 2.75) is 32.7 Å². The Morgan fingerprint density at radius 2 is 2.20 bits per heavy atom. The minimum Gasteiger partial charge on any atom is -0.454 e. The molecule has 20 heavy (non-hydrogen) atoms. The van der Waals surface area contributed by atoms with Crippen LogP contribution in [0.15, 0.2) is 18.2 Å². The lowest BCUT2D eigenvalue weighted by Crippen LogP contribution is -2.34. The molecule has 1 aliphatic heterocycles. The number of nitrogens with two attached hydrogens (primary N) is 1. The zero-order valence-corrected chi connectivity index (χ0v) is 11.9. The molecule has 0 aliphatic carbocycles. The molecule has 1 amide bonds. The molecule has 0 saturated heterocycles. The largest absolute Gasteiger partial charge is 0.454 e. The van der Waals surface area contributed by atoms with E-state index in [1.165, 1.54) is 0 Å². The van der Waals surface area contributed by atoms with Gasteiger partial charge in [0.05, 0.1) is 6.54 Å². The highest BCUT2D eigenvalue weighted by Gasteiger charge is 2.19. The second-order valence-corrected chi connectivity index (χ2v) is 5.03. The molecule has 1 aromatic rings. The first kappa shape index (κ1) is 14.7. The van der Waals surface area contributed by atoms with Gasteiger partial charge in [0.1, 0.15) is 0 Å². The van der Waals surface area contributed by atoms with Crippen molar-refractivity contribution < 1.29 is 14.3 Å². The van der Waals surface area contributed by atoms with Crippen molar-refractivity contribution in [1.29, 1.82) is 0 Å². The molecular formula is C15H22N2O3. The predicted octanol–water partition coefficient (Wildman–Crippen LogP) is 1.89. The van der Waals surface area contributed by atoms with Gasteiger partial charge in [0, 0.05) is 12.1 Å². The van der Waals surface area contributed by atoms with Crippen LogP contribution in [0.4, 0.5) is 0 Å². The van der Waals surface area contributed by atoms with Crippen LogP contribution in [0.3, 0.4) is 0 Å². The summed E-state index contributed by atoms with van der Waals surface area (Å²) in [6.45, 7) is 4.21. The Bertz CT molecular complexity index is 462. The third-order valence-electron chi connectivity index (χ3n) is 3.33. The van der Waals surface area contributed by atoms with Crippen LogP contribution in [0.25, 0.3) is 0 Å². The Labute approximate surface area is 119 Å². The lowest BCUT2D eigenvalue weighted by Gasteiger charge is -2.21. The molecule has 5 heteroatoms. The lowest BCUT2D eigenvalue weighted by molar-refractivity contribution is -0.119. The molecule has 0 bridgehead atoms. The number of amides is 1. The van der Waals surface area contributed by atoms with Crippen LogP contribution in [-0.2, 0) is 11.3 Å². The van der Waals surface area contributed by atoms with Crippen molar-refractivity contribution in [2.24, 2.45) is 5.73 Å². The van der Waals surface area contributed by atoms with E-state index in [9.17, 15) is 4.79 Å². The SMILES string of the molecule is CCCCCN(CC(N)=O)Cc1cccc2c1OCO2. The summed E-state index contributed by atoms with van der Waals surface area (Å²) in [5, 5.41) is 0. The first-order valence-electron chi connectivity index (χ1n) is 7.09. The van der Waals surface area contributed by atoms with Crippen LogP contribution in [0.2, 0.25) is 0 Å². The van der Waals surface area contributed by atoms with Gasteiger partial charge in [0.2, 0.25) is 12.7 Å². The summed E-state index contributed by atoms with van der Waals surface area (Å²) in [6.07, 6.45) is 3.38. The van der Waals surface area contributed by atoms with Crippen molar-refractivity contribution in [3.8, 4) is 11.5 Å². The number of carbonyl (C=O) groups is 1. The zero-order chi connectivity index (χ0) is 14.4. The van der Waals surface area contributed by atoms with E-state index in [0.29, 0.717) is 6.54 Å². The first-order valence-corrected chi connectivity index (χ1v) is 7.09. The van der Waals surface area contributed by atoms with E-state index in [4.69, 9.17) is 15.2 Å². The molecule has 2 N–H and O–H groups in total. The Morgan fingerprint density at radius 3 is 2.95 bits per heavy atom. The van der Waals surface area contributed by atoms with Crippen LogP contribution in [0.5, 0.6) is 11.5 Å². The van der Waals surface area contributed by atoms with E-state index < -0.39 is 0 Å². The van der Waals surface area contributed by atoms with E-state index in [1.54, 1.807) is 0 Å². The maximum Gasteiger partial charge on any atom is 0.231 e. The van der Waals surface area contributed by atoms with E-state index in [1.807, 2.05) is 18.2 Å². The normalized spacial score (nSPS) is 12.9. The molecule has 0 aromatic heterocycles. The number of carbonyl (C=O) groups excluding carboxylic acids is 1. The van der Waals surface area contributed by atoms with Crippen molar-refractivity contribution >= 4 is 5.91 Å². The molecule has 1 heterocycles. The fourth-order valence-corrected chi connectivity index (χ4v) is 2.38. The number of para-hydroxylation sites is 1. The Morgan fingerprint density at radius 1 is 1.35 bits per heavy atom. The van der Waals surface area contributed by atoms with Gasteiger partial charge >= 0.3 is 0 Å². The fourth-order valence-electron chi connectivity index (χ4n) is 2.38. The van der Waals surface area contributed by atoms with E-state index in [2.05, 4.69) is 11.8 Å². The van der Waals surface area contributed by atoms with Gasteiger partial charge in [-0.05, 0) is 19.0 Å². The van der Waals surface area contributed by atoms with Gasteiger partial charge in [0.25, 0.3) is 0 Å². The molecule has 0 fully saturated rings. The highest BCUT2D eigenvalue weighted by Crippen LogP contribution is 2.35. The molecule has 0 radical (unpaired) electrons. The van der Waals surface area contributed by atoms with Gasteiger partial charge in [-0.25, -0.2) is 0 Å². The van der Waals surface area contributed by atoms with Gasteiger partial charge in [-0.15, -0.1) is 0 Å². The average molecular weight is 278 g/mol. The van der Waals surface area contributed by atoms with Crippen molar-refractivity contribution in [3.05, 3.63) is 23.8 Å². The molecule has 2 rings (SSSR count). The number of hydrogen-bond acceptors (Lipinski definition) is 4. The van der Waals surface area contributed by atoms with E-state index in [0.717, 1.165) is 42.9 Å². The molecule has 1 aliphatic rings. The summed E-state index contributed by atoms with van der Waals surface area (Å²) in [7, 11) is 0. The highest BCUT2D eigenvalue weighted by atomic mass is 16.7. The fraction of sp³-hybridized carbons (Fsp3) is 0.533. The zero-order valence-electron chi connectivity index (χ0n) is 11.9. The Hall–Kier alpha value is -1.75. The van der Waals surface area contributed by atoms with Crippen LogP contribution in [0.1, 0.15) is 31.7 Å². The number of hydrogen-bond donors (Lipinski definition) is 1. The van der Waals surface area contributed by atoms with Crippen LogP contribution >= 0.6 is 0 Å². The van der Waals surface area contributed by atoms with E-state index >= 15 is 0 Å². The smallest absolute Gasteiger partial charge is 0.231 e. The molecule has 0 atom stereocenters. The number of unbranched alkanes of at least 4 members (excludes halogenated alkanes) is 2. The maximum atomic E-state index is 11.2. The summed E-state index contributed by atoms with van der Waals surface area (Å²) >= 11 is 0. The quantitative estimate of drug-likeness (QED) is 0.738. The number of rotatable bonds is 8. The molecular weight excluding hydrogens is 256 g/mol. The van der Waals surface area contributed by atoms with Gasteiger partial charge in [0.15, 0.2) is 11.5 Å². The maximum absolute atomic E-state index is 11.2. The summed E-state index contributed by atoms with van der Waals surface area (Å²) in [5.74, 6) is 1.26. The van der Waals surface area contributed by atoms with Gasteiger partial charge in [-0.2, -0.15) is 0 Å². The third-order valence-corrected chi connectivity index (χ3v) is 3.33. The van der Waals surface area contributed by atoms with Crippen molar-refractivity contribution in [1.82, 2.24) is 4.90 Å². The number of fused-ring (bicyclic) bond motifs is 1. The molecule has 5 nitrogen and oxygen atoms in total. The summed E-state index contributed by atoms with van der Waals surface area (Å²) in [4.78, 5) is 13.3. The molecule has 1 aromatic carbocycles. The minimum absolute atomic E-state index is 0.262. The second kappa shape index (κ2) is 7.14. The van der Waals surface area contributed by atoms with Crippen LogP contribution < -0.4 is 15.2 Å². The van der Waals surface area contributed by atoms with Crippen LogP contribution in [0, 0.1) is 0 Å².